The van der Waals surface area contributed by atoms with Gasteiger partial charge in [0.25, 0.3) is 0 Å². The summed E-state index contributed by atoms with van der Waals surface area (Å²) in [6.45, 7) is 3.86. The van der Waals surface area contributed by atoms with Crippen LogP contribution in [0.5, 0.6) is 0 Å². The molecule has 2 N–H and O–H groups in total. The second-order valence-corrected chi connectivity index (χ2v) is 6.97. The van der Waals surface area contributed by atoms with E-state index in [0.29, 0.717) is 24.2 Å². The number of benzene rings is 2. The zero-order valence-corrected chi connectivity index (χ0v) is 14.9. The average Bonchev–Trinajstić information content (AvgIpc) is 3.06. The Morgan fingerprint density at radius 3 is 2.56 bits per heavy atom. The quantitative estimate of drug-likeness (QED) is 0.727. The third-order valence-corrected chi connectivity index (χ3v) is 5.23. The van der Waals surface area contributed by atoms with E-state index in [4.69, 9.17) is 0 Å². The molecule has 0 bridgehead atoms. The van der Waals surface area contributed by atoms with Gasteiger partial charge in [-0.1, -0.05) is 30.3 Å². The van der Waals surface area contributed by atoms with Gasteiger partial charge in [0.2, 0.25) is 0 Å². The maximum atomic E-state index is 13.4. The van der Waals surface area contributed by atoms with Crippen molar-refractivity contribution >= 4 is 16.9 Å². The Labute approximate surface area is 157 Å². The van der Waals surface area contributed by atoms with Crippen LogP contribution in [0.25, 0.3) is 10.9 Å². The third kappa shape index (κ3) is 3.72. The molecule has 1 aliphatic heterocycles. The summed E-state index contributed by atoms with van der Waals surface area (Å²) in [6.07, 6.45) is 1.69. The molecule has 0 saturated carbocycles. The van der Waals surface area contributed by atoms with Crippen LogP contribution in [0, 0.1) is 5.82 Å². The van der Waals surface area contributed by atoms with E-state index in [1.807, 2.05) is 23.1 Å². The summed E-state index contributed by atoms with van der Waals surface area (Å²) >= 11 is 0. The summed E-state index contributed by atoms with van der Waals surface area (Å²) in [7, 11) is 0. The van der Waals surface area contributed by atoms with Crippen LogP contribution in [0.2, 0.25) is 0 Å². The molecule has 27 heavy (non-hydrogen) atoms. The van der Waals surface area contributed by atoms with Crippen LogP contribution in [0.4, 0.5) is 4.39 Å². The molecule has 1 aliphatic rings. The zero-order chi connectivity index (χ0) is 18.8. The summed E-state index contributed by atoms with van der Waals surface area (Å²) in [5.74, 6) is -1.21. The second kappa shape index (κ2) is 7.50. The maximum Gasteiger partial charge on any atom is 0.325 e. The number of fused-ring (bicyclic) bond motifs is 1. The number of piperazine rings is 1. The standard InChI is InChI=1S/C21H22FN3O2/c22-16-6-7-17-18(13-23-19(17)12-16)20(21(26)27)25-10-8-24(9-11-25)14-15-4-2-1-3-5-15/h1-7,12-13,20,23H,8-11,14H2,(H,26,27)/t20-/m1/s1. The number of halogens is 1. The van der Waals surface area contributed by atoms with Crippen molar-refractivity contribution in [2.45, 2.75) is 12.6 Å². The molecule has 0 amide bonds. The van der Waals surface area contributed by atoms with Crippen molar-refractivity contribution in [1.82, 2.24) is 14.8 Å². The number of nitrogens with one attached hydrogen (secondary N) is 1. The molecule has 1 aromatic heterocycles. The van der Waals surface area contributed by atoms with Crippen LogP contribution in [0.15, 0.2) is 54.7 Å². The highest BCUT2D eigenvalue weighted by atomic mass is 19.1. The van der Waals surface area contributed by atoms with Gasteiger partial charge in [-0.2, -0.15) is 0 Å². The number of aliphatic carboxylic acids is 1. The molecule has 2 heterocycles. The lowest BCUT2D eigenvalue weighted by molar-refractivity contribution is -0.144. The lowest BCUT2D eigenvalue weighted by Gasteiger charge is -2.37. The van der Waals surface area contributed by atoms with Crippen LogP contribution in [-0.2, 0) is 11.3 Å². The van der Waals surface area contributed by atoms with Crippen molar-refractivity contribution < 1.29 is 14.3 Å². The highest BCUT2D eigenvalue weighted by Crippen LogP contribution is 2.30. The van der Waals surface area contributed by atoms with Gasteiger partial charge in [-0.05, 0) is 23.8 Å². The Bertz CT molecular complexity index is 933. The molecule has 5 nitrogen and oxygen atoms in total. The van der Waals surface area contributed by atoms with E-state index in [0.717, 1.165) is 25.0 Å². The van der Waals surface area contributed by atoms with Crippen molar-refractivity contribution in [2.24, 2.45) is 0 Å². The normalized spacial score (nSPS) is 17.2. The molecule has 6 heteroatoms. The Hall–Kier alpha value is -2.70. The van der Waals surface area contributed by atoms with Gasteiger partial charge in [-0.3, -0.25) is 14.6 Å². The summed E-state index contributed by atoms with van der Waals surface area (Å²) in [5.41, 5.74) is 2.58. The summed E-state index contributed by atoms with van der Waals surface area (Å²) in [4.78, 5) is 19.4. The molecule has 140 valence electrons. The SMILES string of the molecule is O=C(O)[C@@H](c1c[nH]c2cc(F)ccc12)N1CCN(Cc2ccccc2)CC1. The highest BCUT2D eigenvalue weighted by molar-refractivity contribution is 5.89. The number of H-pyrrole nitrogens is 1. The minimum Gasteiger partial charge on any atom is -0.480 e. The van der Waals surface area contributed by atoms with Crippen LogP contribution in [-0.4, -0.2) is 52.0 Å². The van der Waals surface area contributed by atoms with Gasteiger partial charge in [0.05, 0.1) is 0 Å². The first kappa shape index (κ1) is 17.7. The van der Waals surface area contributed by atoms with E-state index in [1.54, 1.807) is 12.3 Å². The van der Waals surface area contributed by atoms with Crippen molar-refractivity contribution in [3.05, 3.63) is 71.7 Å². The predicted octanol–water partition coefficient (Wildman–Crippen LogP) is 3.25. The fourth-order valence-corrected chi connectivity index (χ4v) is 3.85. The molecule has 0 unspecified atom stereocenters. The topological polar surface area (TPSA) is 59.6 Å². The van der Waals surface area contributed by atoms with Crippen LogP contribution >= 0.6 is 0 Å². The van der Waals surface area contributed by atoms with E-state index in [1.165, 1.54) is 17.7 Å². The number of hydrogen-bond acceptors (Lipinski definition) is 3. The minimum atomic E-state index is -0.878. The van der Waals surface area contributed by atoms with Gasteiger partial charge in [-0.25, -0.2) is 4.39 Å². The van der Waals surface area contributed by atoms with Crippen LogP contribution in [0.3, 0.4) is 0 Å². The molecule has 1 saturated heterocycles. The first-order chi connectivity index (χ1) is 13.1. The van der Waals surface area contributed by atoms with Gasteiger partial charge >= 0.3 is 5.97 Å². The first-order valence-corrected chi connectivity index (χ1v) is 9.11. The van der Waals surface area contributed by atoms with E-state index in [-0.39, 0.29) is 5.82 Å². The van der Waals surface area contributed by atoms with Gasteiger partial charge < -0.3 is 10.1 Å². The molecule has 0 spiro atoms. The van der Waals surface area contributed by atoms with Crippen LogP contribution < -0.4 is 0 Å². The molecule has 0 aliphatic carbocycles. The fourth-order valence-electron chi connectivity index (χ4n) is 3.85. The lowest BCUT2D eigenvalue weighted by Crippen LogP contribution is -2.48. The van der Waals surface area contributed by atoms with E-state index < -0.39 is 12.0 Å². The van der Waals surface area contributed by atoms with Crippen molar-refractivity contribution in [3.63, 3.8) is 0 Å². The highest BCUT2D eigenvalue weighted by Gasteiger charge is 2.32. The summed E-state index contributed by atoms with van der Waals surface area (Å²) < 4.78 is 13.4. The largest absolute Gasteiger partial charge is 0.480 e. The maximum absolute atomic E-state index is 13.4. The van der Waals surface area contributed by atoms with Gasteiger partial charge in [-0.15, -0.1) is 0 Å². The number of rotatable bonds is 5. The molecule has 3 aromatic rings. The zero-order valence-electron chi connectivity index (χ0n) is 14.9. The molecule has 0 radical (unpaired) electrons. The number of carbonyl (C=O) groups is 1. The van der Waals surface area contributed by atoms with E-state index in [9.17, 15) is 14.3 Å². The Kier molecular flexibility index (Phi) is 4.92. The summed E-state index contributed by atoms with van der Waals surface area (Å²) in [5, 5.41) is 10.6. The molecule has 2 aromatic carbocycles. The fraction of sp³-hybridized carbons (Fsp3) is 0.286. The van der Waals surface area contributed by atoms with E-state index >= 15 is 0 Å². The van der Waals surface area contributed by atoms with Crippen molar-refractivity contribution in [2.75, 3.05) is 26.2 Å². The monoisotopic (exact) mass is 367 g/mol. The minimum absolute atomic E-state index is 0.336. The summed E-state index contributed by atoms with van der Waals surface area (Å²) in [6, 6.07) is 14.0. The van der Waals surface area contributed by atoms with Gasteiger partial charge in [0, 0.05) is 55.4 Å². The van der Waals surface area contributed by atoms with E-state index in [2.05, 4.69) is 22.0 Å². The predicted molar refractivity (Wildman–Crippen MR) is 102 cm³/mol. The van der Waals surface area contributed by atoms with Crippen molar-refractivity contribution in [1.29, 1.82) is 0 Å². The number of aromatic nitrogens is 1. The van der Waals surface area contributed by atoms with Gasteiger partial charge in [0.15, 0.2) is 0 Å². The van der Waals surface area contributed by atoms with Crippen molar-refractivity contribution in [3.8, 4) is 0 Å². The number of carboxylic acids is 1. The lowest BCUT2D eigenvalue weighted by atomic mass is 10.0. The number of hydrogen-bond donors (Lipinski definition) is 2. The van der Waals surface area contributed by atoms with Gasteiger partial charge in [0.1, 0.15) is 11.9 Å². The second-order valence-electron chi connectivity index (χ2n) is 6.97. The first-order valence-electron chi connectivity index (χ1n) is 9.11. The molecule has 1 fully saturated rings. The van der Waals surface area contributed by atoms with Crippen LogP contribution in [0.1, 0.15) is 17.2 Å². The molecular weight excluding hydrogens is 345 g/mol. The molecule has 4 rings (SSSR count). The number of carboxylic acid groups (broad SMARTS) is 1. The Balaban J connectivity index is 1.49. The smallest absolute Gasteiger partial charge is 0.325 e. The number of nitrogens with zero attached hydrogens (tertiary/aromatic N) is 2. The Morgan fingerprint density at radius 1 is 1.11 bits per heavy atom. The third-order valence-electron chi connectivity index (χ3n) is 5.23. The number of aromatic amines is 1. The molecular formula is C21H22FN3O2. The average molecular weight is 367 g/mol. The Morgan fingerprint density at radius 2 is 1.85 bits per heavy atom. The molecule has 1 atom stereocenters.